The largest absolute Gasteiger partial charge is 0.416 e. The maximum absolute atomic E-state index is 12.8. The number of nitrogens with one attached hydrogen (secondary N) is 1. The Morgan fingerprint density at radius 1 is 1.26 bits per heavy atom. The highest BCUT2D eigenvalue weighted by molar-refractivity contribution is 5.28. The zero-order chi connectivity index (χ0) is 13.9. The Kier molecular flexibility index (Phi) is 4.50. The van der Waals surface area contributed by atoms with Crippen molar-refractivity contribution < 1.29 is 13.2 Å². The van der Waals surface area contributed by atoms with E-state index in [1.807, 2.05) is 6.92 Å². The predicted molar refractivity (Wildman–Crippen MR) is 69.8 cm³/mol. The Bertz CT molecular complexity index is 408. The van der Waals surface area contributed by atoms with Gasteiger partial charge in [-0.1, -0.05) is 31.9 Å². The minimum absolute atomic E-state index is 0.0507. The molecule has 0 amide bonds. The smallest absolute Gasteiger partial charge is 0.310 e. The molecule has 1 aliphatic rings. The van der Waals surface area contributed by atoms with Crippen molar-refractivity contribution in [2.24, 2.45) is 5.92 Å². The summed E-state index contributed by atoms with van der Waals surface area (Å²) in [6, 6.07) is 5.81. The lowest BCUT2D eigenvalue weighted by Crippen LogP contribution is -2.27. The molecule has 2 rings (SSSR count). The molecule has 0 heterocycles. The molecule has 1 saturated carbocycles. The summed E-state index contributed by atoms with van der Waals surface area (Å²) >= 11 is 0. The summed E-state index contributed by atoms with van der Waals surface area (Å²) in [5.74, 6) is 0.462. The van der Waals surface area contributed by atoms with Crippen LogP contribution >= 0.6 is 0 Å². The Morgan fingerprint density at radius 2 is 1.95 bits per heavy atom. The third-order valence-electron chi connectivity index (χ3n) is 3.87. The molecule has 1 unspecified atom stereocenters. The first-order valence-corrected chi connectivity index (χ1v) is 6.93. The summed E-state index contributed by atoms with van der Waals surface area (Å²) in [4.78, 5) is 0. The van der Waals surface area contributed by atoms with Gasteiger partial charge in [0.15, 0.2) is 0 Å². The SMILES string of the molecule is CCNC(c1cccc(C(F)(F)F)c1)C1CCCC1. The number of halogens is 3. The van der Waals surface area contributed by atoms with Gasteiger partial charge in [0, 0.05) is 6.04 Å². The van der Waals surface area contributed by atoms with Gasteiger partial charge in [-0.2, -0.15) is 13.2 Å². The molecule has 1 N–H and O–H groups in total. The molecule has 1 fully saturated rings. The molecule has 4 heteroatoms. The van der Waals surface area contributed by atoms with Crippen molar-refractivity contribution in [2.45, 2.75) is 44.8 Å². The van der Waals surface area contributed by atoms with Crippen LogP contribution in [0.25, 0.3) is 0 Å². The predicted octanol–water partition coefficient (Wildman–Crippen LogP) is 4.55. The topological polar surface area (TPSA) is 12.0 Å². The maximum atomic E-state index is 12.8. The lowest BCUT2D eigenvalue weighted by atomic mass is 9.90. The molecule has 1 nitrogen and oxygen atoms in total. The summed E-state index contributed by atoms with van der Waals surface area (Å²) in [6.45, 7) is 2.77. The Morgan fingerprint density at radius 3 is 2.53 bits per heavy atom. The first-order chi connectivity index (χ1) is 9.02. The highest BCUT2D eigenvalue weighted by Crippen LogP contribution is 2.37. The fourth-order valence-corrected chi connectivity index (χ4v) is 2.98. The van der Waals surface area contributed by atoms with Gasteiger partial charge in [-0.15, -0.1) is 0 Å². The molecule has 1 aromatic carbocycles. The molecule has 0 radical (unpaired) electrons. The van der Waals surface area contributed by atoms with Crippen molar-refractivity contribution in [2.75, 3.05) is 6.54 Å². The first-order valence-electron chi connectivity index (χ1n) is 6.93. The minimum atomic E-state index is -4.26. The van der Waals surface area contributed by atoms with Gasteiger partial charge in [0.05, 0.1) is 5.56 Å². The number of rotatable bonds is 4. The van der Waals surface area contributed by atoms with Crippen LogP contribution in [0, 0.1) is 5.92 Å². The lowest BCUT2D eigenvalue weighted by molar-refractivity contribution is -0.137. The molecule has 0 aliphatic heterocycles. The van der Waals surface area contributed by atoms with E-state index in [0.29, 0.717) is 5.92 Å². The van der Waals surface area contributed by atoms with E-state index < -0.39 is 11.7 Å². The highest BCUT2D eigenvalue weighted by atomic mass is 19.4. The zero-order valence-electron chi connectivity index (χ0n) is 11.1. The van der Waals surface area contributed by atoms with Crippen LogP contribution in [0.1, 0.15) is 49.8 Å². The van der Waals surface area contributed by atoms with Gasteiger partial charge in [-0.25, -0.2) is 0 Å². The van der Waals surface area contributed by atoms with Gasteiger partial charge in [0.25, 0.3) is 0 Å². The van der Waals surface area contributed by atoms with Crippen LogP contribution in [0.4, 0.5) is 13.2 Å². The molecule has 0 spiro atoms. The first kappa shape index (κ1) is 14.4. The van der Waals surface area contributed by atoms with Crippen molar-refractivity contribution in [3.8, 4) is 0 Å². The molecular weight excluding hydrogens is 251 g/mol. The quantitative estimate of drug-likeness (QED) is 0.847. The van der Waals surface area contributed by atoms with E-state index in [-0.39, 0.29) is 6.04 Å². The van der Waals surface area contributed by atoms with Crippen LogP contribution in [0.15, 0.2) is 24.3 Å². The maximum Gasteiger partial charge on any atom is 0.416 e. The van der Waals surface area contributed by atoms with Crippen LogP contribution in [-0.4, -0.2) is 6.54 Å². The second kappa shape index (κ2) is 5.95. The van der Waals surface area contributed by atoms with E-state index in [9.17, 15) is 13.2 Å². The molecule has 106 valence electrons. The zero-order valence-corrected chi connectivity index (χ0v) is 11.1. The van der Waals surface area contributed by atoms with Crippen LogP contribution in [0.5, 0.6) is 0 Å². The highest BCUT2D eigenvalue weighted by Gasteiger charge is 2.32. The van der Waals surface area contributed by atoms with Crippen LogP contribution in [-0.2, 0) is 6.18 Å². The van der Waals surface area contributed by atoms with Crippen molar-refractivity contribution in [1.82, 2.24) is 5.32 Å². The average Bonchev–Trinajstić information content (AvgIpc) is 2.88. The van der Waals surface area contributed by atoms with E-state index in [1.54, 1.807) is 6.07 Å². The van der Waals surface area contributed by atoms with Gasteiger partial charge in [0.1, 0.15) is 0 Å². The third kappa shape index (κ3) is 3.50. The van der Waals surface area contributed by atoms with Gasteiger partial charge < -0.3 is 5.32 Å². The summed E-state index contributed by atoms with van der Waals surface area (Å²) in [5, 5.41) is 3.35. The molecule has 1 atom stereocenters. The van der Waals surface area contributed by atoms with Crippen LogP contribution in [0.2, 0.25) is 0 Å². The van der Waals surface area contributed by atoms with Crippen molar-refractivity contribution in [1.29, 1.82) is 0 Å². The normalized spacial score (nSPS) is 18.7. The number of alkyl halides is 3. The van der Waals surface area contributed by atoms with Gasteiger partial charge in [-0.05, 0) is 43.0 Å². The lowest BCUT2D eigenvalue weighted by Gasteiger charge is -2.25. The fourth-order valence-electron chi connectivity index (χ4n) is 2.98. The summed E-state index contributed by atoms with van der Waals surface area (Å²) in [7, 11) is 0. The summed E-state index contributed by atoms with van der Waals surface area (Å²) in [5.41, 5.74) is 0.217. The van der Waals surface area contributed by atoms with Crippen molar-refractivity contribution >= 4 is 0 Å². The fraction of sp³-hybridized carbons (Fsp3) is 0.600. The molecule has 0 saturated heterocycles. The molecule has 1 aromatic rings. The van der Waals surface area contributed by atoms with E-state index in [2.05, 4.69) is 5.32 Å². The summed E-state index contributed by atoms with van der Waals surface area (Å²) < 4.78 is 38.3. The van der Waals surface area contributed by atoms with E-state index in [0.717, 1.165) is 31.0 Å². The van der Waals surface area contributed by atoms with Gasteiger partial charge in [-0.3, -0.25) is 0 Å². The summed E-state index contributed by atoms with van der Waals surface area (Å²) in [6.07, 6.45) is 0.321. The molecule has 19 heavy (non-hydrogen) atoms. The van der Waals surface area contributed by atoms with Crippen molar-refractivity contribution in [3.05, 3.63) is 35.4 Å². The van der Waals surface area contributed by atoms with Crippen molar-refractivity contribution in [3.63, 3.8) is 0 Å². The Labute approximate surface area is 112 Å². The molecule has 1 aliphatic carbocycles. The standard InChI is InChI=1S/C15H20F3N/c1-2-19-14(11-6-3-4-7-11)12-8-5-9-13(10-12)15(16,17)18/h5,8-11,14,19H,2-4,6-7H2,1H3. The number of hydrogen-bond donors (Lipinski definition) is 1. The van der Waals surface area contributed by atoms with Crippen LogP contribution < -0.4 is 5.32 Å². The minimum Gasteiger partial charge on any atom is -0.310 e. The Balaban J connectivity index is 2.25. The van der Waals surface area contributed by atoms with Gasteiger partial charge >= 0.3 is 6.18 Å². The monoisotopic (exact) mass is 271 g/mol. The number of hydrogen-bond acceptors (Lipinski definition) is 1. The van der Waals surface area contributed by atoms with E-state index in [4.69, 9.17) is 0 Å². The molecule has 0 bridgehead atoms. The Hall–Kier alpha value is -1.03. The third-order valence-corrected chi connectivity index (χ3v) is 3.87. The molecule has 0 aromatic heterocycles. The second-order valence-corrected chi connectivity index (χ2v) is 5.20. The van der Waals surface area contributed by atoms with E-state index >= 15 is 0 Å². The average molecular weight is 271 g/mol. The van der Waals surface area contributed by atoms with Crippen LogP contribution in [0.3, 0.4) is 0 Å². The second-order valence-electron chi connectivity index (χ2n) is 5.20. The molecular formula is C15H20F3N. The number of benzene rings is 1. The van der Waals surface area contributed by atoms with Gasteiger partial charge in [0.2, 0.25) is 0 Å². The van der Waals surface area contributed by atoms with E-state index in [1.165, 1.54) is 25.0 Å².